The van der Waals surface area contributed by atoms with Crippen LogP contribution in [0.15, 0.2) is 60.9 Å². The first kappa shape index (κ1) is 20.9. The number of carbonyl (C=O) groups is 2. The number of para-hydroxylation sites is 2. The Bertz CT molecular complexity index is 1510. The van der Waals surface area contributed by atoms with Gasteiger partial charge in [0.05, 0.1) is 28.9 Å². The van der Waals surface area contributed by atoms with Crippen molar-refractivity contribution in [3.8, 4) is 0 Å². The topological polar surface area (TPSA) is 112 Å². The summed E-state index contributed by atoms with van der Waals surface area (Å²) in [6, 6.07) is 15.5. The molecule has 4 N–H and O–H groups in total. The zero-order valence-corrected chi connectivity index (χ0v) is 18.6. The van der Waals surface area contributed by atoms with E-state index in [0.717, 1.165) is 21.8 Å². The highest BCUT2D eigenvalue weighted by atomic mass is 16.5. The molecular formula is C26H24N4O4. The van der Waals surface area contributed by atoms with Crippen LogP contribution in [-0.4, -0.2) is 44.8 Å². The van der Waals surface area contributed by atoms with E-state index in [-0.39, 0.29) is 6.54 Å². The van der Waals surface area contributed by atoms with Gasteiger partial charge in [-0.15, -0.1) is 0 Å². The average Bonchev–Trinajstić information content (AvgIpc) is 3.56. The number of nitrogens with one attached hydrogen (secondary N) is 1. The zero-order valence-electron chi connectivity index (χ0n) is 18.6. The van der Waals surface area contributed by atoms with E-state index in [2.05, 4.69) is 5.32 Å². The van der Waals surface area contributed by atoms with Crippen molar-refractivity contribution in [2.24, 2.45) is 12.8 Å². The SMILES string of the molecule is Cn1cc(C2=C(c3cn(C4C[C@H](O)[C@@H](CN)O4)c4ccccc34)C(=O)NC2=O)c2ccccc21. The van der Waals surface area contributed by atoms with Crippen molar-refractivity contribution in [1.82, 2.24) is 14.5 Å². The quantitative estimate of drug-likeness (QED) is 0.408. The van der Waals surface area contributed by atoms with Crippen molar-refractivity contribution in [1.29, 1.82) is 0 Å². The molecule has 172 valence electrons. The minimum Gasteiger partial charge on any atom is -0.390 e. The fraction of sp³-hybridized carbons (Fsp3) is 0.231. The lowest BCUT2D eigenvalue weighted by atomic mass is 9.95. The lowest BCUT2D eigenvalue weighted by Gasteiger charge is -2.15. The molecule has 0 saturated carbocycles. The Hall–Kier alpha value is -3.72. The van der Waals surface area contributed by atoms with E-state index in [4.69, 9.17) is 10.5 Å². The van der Waals surface area contributed by atoms with Gasteiger partial charge in [0.1, 0.15) is 6.23 Å². The molecule has 2 aliphatic heterocycles. The summed E-state index contributed by atoms with van der Waals surface area (Å²) in [4.78, 5) is 26.2. The molecule has 2 aromatic heterocycles. The van der Waals surface area contributed by atoms with Crippen molar-refractivity contribution in [2.45, 2.75) is 24.9 Å². The van der Waals surface area contributed by atoms with Gasteiger partial charge in [0.2, 0.25) is 0 Å². The number of nitrogens with two attached hydrogens (primary N) is 1. The standard InChI is InChI=1S/C26H24N4O4/c1-29-12-16(14-6-2-4-8-18(14)29)23-24(26(33)28-25(23)32)17-13-30(19-9-5-3-7-15(17)19)22-10-20(31)21(11-27)34-22/h2-9,12-13,20-22,31H,10-11,27H2,1H3,(H,28,32,33)/t20-,21+,22?/m0/s1. The maximum Gasteiger partial charge on any atom is 0.259 e. The molecular weight excluding hydrogens is 432 g/mol. The third-order valence-corrected chi connectivity index (χ3v) is 6.85. The zero-order chi connectivity index (χ0) is 23.6. The predicted octanol–water partition coefficient (Wildman–Crippen LogP) is 2.31. The number of carbonyl (C=O) groups excluding carboxylic acids is 2. The van der Waals surface area contributed by atoms with Crippen LogP contribution < -0.4 is 11.1 Å². The molecule has 8 nitrogen and oxygen atoms in total. The Morgan fingerprint density at radius 1 is 0.971 bits per heavy atom. The number of hydrogen-bond acceptors (Lipinski definition) is 5. The molecule has 1 unspecified atom stereocenters. The van der Waals surface area contributed by atoms with E-state index in [0.29, 0.717) is 28.7 Å². The third kappa shape index (κ3) is 2.96. The summed E-state index contributed by atoms with van der Waals surface area (Å²) in [5.74, 6) is -0.841. The number of amides is 2. The lowest BCUT2D eigenvalue weighted by Crippen LogP contribution is -2.29. The van der Waals surface area contributed by atoms with Crippen LogP contribution in [0.25, 0.3) is 33.0 Å². The van der Waals surface area contributed by atoms with Crippen LogP contribution in [0.1, 0.15) is 23.8 Å². The Morgan fingerprint density at radius 3 is 2.21 bits per heavy atom. The Morgan fingerprint density at radius 2 is 1.56 bits per heavy atom. The van der Waals surface area contributed by atoms with Crippen LogP contribution in [-0.2, 0) is 21.4 Å². The van der Waals surface area contributed by atoms with Crippen LogP contribution in [0, 0.1) is 0 Å². The highest BCUT2D eigenvalue weighted by molar-refractivity contribution is 6.50. The number of ether oxygens (including phenoxy) is 1. The molecule has 1 saturated heterocycles. The predicted molar refractivity (Wildman–Crippen MR) is 128 cm³/mol. The van der Waals surface area contributed by atoms with Gasteiger partial charge in [-0.3, -0.25) is 14.9 Å². The normalized spacial score (nSPS) is 23.0. The second-order valence-corrected chi connectivity index (χ2v) is 8.84. The summed E-state index contributed by atoms with van der Waals surface area (Å²) < 4.78 is 9.89. The van der Waals surface area contributed by atoms with E-state index in [1.165, 1.54) is 0 Å². The maximum atomic E-state index is 13.1. The molecule has 2 aromatic carbocycles. The molecule has 2 aliphatic rings. The molecule has 4 aromatic rings. The Labute approximate surface area is 195 Å². The second-order valence-electron chi connectivity index (χ2n) is 8.84. The molecule has 4 heterocycles. The van der Waals surface area contributed by atoms with E-state index in [9.17, 15) is 14.7 Å². The smallest absolute Gasteiger partial charge is 0.259 e. The fourth-order valence-electron chi connectivity index (χ4n) is 5.25. The lowest BCUT2D eigenvalue weighted by molar-refractivity contribution is -0.122. The number of hydrogen-bond donors (Lipinski definition) is 3. The first-order valence-electron chi connectivity index (χ1n) is 11.3. The minimum atomic E-state index is -0.665. The van der Waals surface area contributed by atoms with Gasteiger partial charge in [-0.25, -0.2) is 0 Å². The Balaban J connectivity index is 1.59. The highest BCUT2D eigenvalue weighted by Gasteiger charge is 2.38. The van der Waals surface area contributed by atoms with Gasteiger partial charge in [0.25, 0.3) is 11.8 Å². The van der Waals surface area contributed by atoms with Crippen molar-refractivity contribution < 1.29 is 19.4 Å². The van der Waals surface area contributed by atoms with Gasteiger partial charge >= 0.3 is 0 Å². The summed E-state index contributed by atoms with van der Waals surface area (Å²) in [5, 5.41) is 14.6. The highest BCUT2D eigenvalue weighted by Crippen LogP contribution is 2.40. The van der Waals surface area contributed by atoms with Crippen LogP contribution in [0.2, 0.25) is 0 Å². The molecule has 34 heavy (non-hydrogen) atoms. The van der Waals surface area contributed by atoms with Gasteiger partial charge in [-0.2, -0.15) is 0 Å². The number of aliphatic hydroxyl groups is 1. The first-order chi connectivity index (χ1) is 16.5. The number of rotatable bonds is 4. The number of aryl methyl sites for hydroxylation is 1. The van der Waals surface area contributed by atoms with E-state index in [1.54, 1.807) is 0 Å². The number of imide groups is 1. The van der Waals surface area contributed by atoms with Gasteiger partial charge in [-0.1, -0.05) is 36.4 Å². The van der Waals surface area contributed by atoms with Gasteiger partial charge < -0.3 is 24.7 Å². The van der Waals surface area contributed by atoms with Crippen molar-refractivity contribution >= 4 is 44.8 Å². The first-order valence-corrected chi connectivity index (χ1v) is 11.3. The Kier molecular flexibility index (Phi) is 4.70. The monoisotopic (exact) mass is 456 g/mol. The molecule has 0 spiro atoms. The average molecular weight is 457 g/mol. The van der Waals surface area contributed by atoms with Crippen LogP contribution in [0.5, 0.6) is 0 Å². The third-order valence-electron chi connectivity index (χ3n) is 6.85. The van der Waals surface area contributed by atoms with Gasteiger partial charge in [-0.05, 0) is 12.1 Å². The molecule has 0 aliphatic carbocycles. The number of nitrogens with zero attached hydrogens (tertiary/aromatic N) is 2. The summed E-state index contributed by atoms with van der Waals surface area (Å²) >= 11 is 0. The van der Waals surface area contributed by atoms with Crippen LogP contribution >= 0.6 is 0 Å². The number of aliphatic hydroxyl groups excluding tert-OH is 1. The largest absolute Gasteiger partial charge is 0.390 e. The van der Waals surface area contributed by atoms with E-state index < -0.39 is 30.3 Å². The summed E-state index contributed by atoms with van der Waals surface area (Å²) in [7, 11) is 1.92. The summed E-state index contributed by atoms with van der Waals surface area (Å²) in [6.07, 6.45) is 2.58. The minimum absolute atomic E-state index is 0.219. The summed E-state index contributed by atoms with van der Waals surface area (Å²) in [5.41, 5.74) is 9.63. The van der Waals surface area contributed by atoms with Crippen LogP contribution in [0.3, 0.4) is 0 Å². The fourth-order valence-corrected chi connectivity index (χ4v) is 5.25. The maximum absolute atomic E-state index is 13.1. The summed E-state index contributed by atoms with van der Waals surface area (Å²) in [6.45, 7) is 0.219. The molecule has 6 rings (SSSR count). The van der Waals surface area contributed by atoms with Crippen molar-refractivity contribution in [3.05, 3.63) is 72.1 Å². The van der Waals surface area contributed by atoms with Crippen molar-refractivity contribution in [3.63, 3.8) is 0 Å². The van der Waals surface area contributed by atoms with Crippen molar-refractivity contribution in [2.75, 3.05) is 6.54 Å². The molecule has 2 amide bonds. The van der Waals surface area contributed by atoms with E-state index in [1.807, 2.05) is 77.1 Å². The van der Waals surface area contributed by atoms with Gasteiger partial charge in [0, 0.05) is 59.8 Å². The van der Waals surface area contributed by atoms with E-state index >= 15 is 0 Å². The van der Waals surface area contributed by atoms with Crippen LogP contribution in [0.4, 0.5) is 0 Å². The number of fused-ring (bicyclic) bond motifs is 2. The second kappa shape index (κ2) is 7.66. The number of benzene rings is 2. The molecule has 1 fully saturated rings. The molecule has 0 bridgehead atoms. The molecule has 8 heteroatoms. The molecule has 3 atom stereocenters. The number of aromatic nitrogens is 2. The molecule has 0 radical (unpaired) electrons. The van der Waals surface area contributed by atoms with Gasteiger partial charge in [0.15, 0.2) is 0 Å².